The first-order valence-electron chi connectivity index (χ1n) is 7.88. The molecule has 2 unspecified atom stereocenters. The van der Waals surface area contributed by atoms with Crippen molar-refractivity contribution in [3.8, 4) is 0 Å². The Kier molecular flexibility index (Phi) is 6.03. The van der Waals surface area contributed by atoms with Gasteiger partial charge in [0.25, 0.3) is 0 Å². The minimum absolute atomic E-state index is 0.0898. The molecule has 1 aliphatic heterocycles. The number of ether oxygens (including phenoxy) is 1. The number of likely N-dealkylation sites (tertiary alicyclic amines) is 1. The lowest BCUT2D eigenvalue weighted by Gasteiger charge is -2.36. The van der Waals surface area contributed by atoms with Crippen LogP contribution in [0.5, 0.6) is 0 Å². The SMILES string of the molecule is C/C(=C\C(=O)C1CN(C(=O)OC(C)(C)C)CCC1C)N(C)C. The van der Waals surface area contributed by atoms with Gasteiger partial charge in [-0.1, -0.05) is 6.92 Å². The quantitative estimate of drug-likeness (QED) is 0.752. The highest BCUT2D eigenvalue weighted by Gasteiger charge is 2.34. The zero-order chi connectivity index (χ0) is 17.1. The number of rotatable bonds is 3. The fourth-order valence-electron chi connectivity index (χ4n) is 2.37. The van der Waals surface area contributed by atoms with Crippen molar-refractivity contribution in [2.24, 2.45) is 11.8 Å². The van der Waals surface area contributed by atoms with Gasteiger partial charge in [0.2, 0.25) is 0 Å². The van der Waals surface area contributed by atoms with Gasteiger partial charge >= 0.3 is 6.09 Å². The van der Waals surface area contributed by atoms with E-state index in [9.17, 15) is 9.59 Å². The van der Waals surface area contributed by atoms with E-state index >= 15 is 0 Å². The van der Waals surface area contributed by atoms with Crippen LogP contribution >= 0.6 is 0 Å². The van der Waals surface area contributed by atoms with E-state index in [4.69, 9.17) is 4.74 Å². The molecule has 2 atom stereocenters. The van der Waals surface area contributed by atoms with Crippen LogP contribution in [0, 0.1) is 11.8 Å². The second kappa shape index (κ2) is 7.16. The minimum atomic E-state index is -0.513. The molecule has 0 aromatic rings. The number of nitrogens with zero attached hydrogens (tertiary/aromatic N) is 2. The third-order valence-corrected chi connectivity index (χ3v) is 4.03. The number of allylic oxidation sites excluding steroid dienone is 2. The molecule has 1 aliphatic rings. The molecule has 0 spiro atoms. The van der Waals surface area contributed by atoms with E-state index in [0.29, 0.717) is 13.1 Å². The Morgan fingerprint density at radius 3 is 2.36 bits per heavy atom. The molecule has 1 heterocycles. The summed E-state index contributed by atoms with van der Waals surface area (Å²) >= 11 is 0. The highest BCUT2D eigenvalue weighted by atomic mass is 16.6. The Balaban J connectivity index is 2.77. The van der Waals surface area contributed by atoms with Gasteiger partial charge in [0.15, 0.2) is 5.78 Å². The van der Waals surface area contributed by atoms with Gasteiger partial charge in [0, 0.05) is 44.9 Å². The molecule has 126 valence electrons. The molecule has 0 saturated carbocycles. The van der Waals surface area contributed by atoms with E-state index in [1.807, 2.05) is 46.7 Å². The molecule has 0 aliphatic carbocycles. The zero-order valence-electron chi connectivity index (χ0n) is 15.0. The van der Waals surface area contributed by atoms with Gasteiger partial charge in [-0.15, -0.1) is 0 Å². The van der Waals surface area contributed by atoms with Crippen LogP contribution in [0.25, 0.3) is 0 Å². The Labute approximate surface area is 134 Å². The van der Waals surface area contributed by atoms with Crippen LogP contribution in [-0.2, 0) is 9.53 Å². The van der Waals surface area contributed by atoms with Crippen molar-refractivity contribution in [1.82, 2.24) is 9.80 Å². The smallest absolute Gasteiger partial charge is 0.410 e. The van der Waals surface area contributed by atoms with Crippen LogP contribution in [0.3, 0.4) is 0 Å². The number of ketones is 1. The summed E-state index contributed by atoms with van der Waals surface area (Å²) in [6, 6.07) is 0. The molecule has 5 nitrogen and oxygen atoms in total. The van der Waals surface area contributed by atoms with Gasteiger partial charge in [0.1, 0.15) is 5.60 Å². The lowest BCUT2D eigenvalue weighted by atomic mass is 9.84. The Morgan fingerprint density at radius 1 is 1.27 bits per heavy atom. The van der Waals surface area contributed by atoms with Crippen molar-refractivity contribution in [2.75, 3.05) is 27.2 Å². The first kappa shape index (κ1) is 18.5. The summed E-state index contributed by atoms with van der Waals surface area (Å²) < 4.78 is 5.41. The summed E-state index contributed by atoms with van der Waals surface area (Å²) in [7, 11) is 3.83. The van der Waals surface area contributed by atoms with Crippen LogP contribution in [0.2, 0.25) is 0 Å². The first-order chi connectivity index (χ1) is 10.0. The summed E-state index contributed by atoms with van der Waals surface area (Å²) in [6.07, 6.45) is 2.18. The van der Waals surface area contributed by atoms with Gasteiger partial charge in [0.05, 0.1) is 0 Å². The summed E-state index contributed by atoms with van der Waals surface area (Å²) in [6.45, 7) is 10.6. The normalized spacial score (nSPS) is 23.2. The van der Waals surface area contributed by atoms with E-state index in [-0.39, 0.29) is 23.7 Å². The number of carbonyl (C=O) groups excluding carboxylic acids is 2. The van der Waals surface area contributed by atoms with Crippen molar-refractivity contribution in [3.05, 3.63) is 11.8 Å². The number of carbonyl (C=O) groups is 2. The van der Waals surface area contributed by atoms with Gasteiger partial charge < -0.3 is 14.5 Å². The summed E-state index contributed by atoms with van der Waals surface area (Å²) in [4.78, 5) is 28.3. The molecule has 1 fully saturated rings. The van der Waals surface area contributed by atoms with Gasteiger partial charge in [-0.25, -0.2) is 4.79 Å². The lowest BCUT2D eigenvalue weighted by molar-refractivity contribution is -0.121. The molecule has 5 heteroatoms. The van der Waals surface area contributed by atoms with Crippen molar-refractivity contribution >= 4 is 11.9 Å². The monoisotopic (exact) mass is 310 g/mol. The third-order valence-electron chi connectivity index (χ3n) is 4.03. The second-order valence-corrected chi connectivity index (χ2v) is 7.38. The topological polar surface area (TPSA) is 49.9 Å². The van der Waals surface area contributed by atoms with Gasteiger partial charge in [-0.2, -0.15) is 0 Å². The highest BCUT2D eigenvalue weighted by Crippen LogP contribution is 2.26. The Hall–Kier alpha value is -1.52. The maximum absolute atomic E-state index is 12.5. The fourth-order valence-corrected chi connectivity index (χ4v) is 2.37. The molecular formula is C17H30N2O3. The number of hydrogen-bond donors (Lipinski definition) is 0. The maximum Gasteiger partial charge on any atom is 0.410 e. The van der Waals surface area contributed by atoms with E-state index < -0.39 is 5.60 Å². The van der Waals surface area contributed by atoms with Crippen LogP contribution < -0.4 is 0 Å². The largest absolute Gasteiger partial charge is 0.444 e. The fraction of sp³-hybridized carbons (Fsp3) is 0.765. The van der Waals surface area contributed by atoms with E-state index in [2.05, 4.69) is 6.92 Å². The van der Waals surface area contributed by atoms with Crippen LogP contribution in [0.15, 0.2) is 11.8 Å². The lowest BCUT2D eigenvalue weighted by Crippen LogP contribution is -2.47. The van der Waals surface area contributed by atoms with Crippen LogP contribution in [0.4, 0.5) is 4.79 Å². The molecule has 0 N–H and O–H groups in total. The Morgan fingerprint density at radius 2 is 1.86 bits per heavy atom. The minimum Gasteiger partial charge on any atom is -0.444 e. The molecule has 0 bridgehead atoms. The molecule has 1 saturated heterocycles. The van der Waals surface area contributed by atoms with Gasteiger partial charge in [-0.05, 0) is 40.0 Å². The van der Waals surface area contributed by atoms with Crippen LogP contribution in [-0.4, -0.2) is 54.5 Å². The molecule has 22 heavy (non-hydrogen) atoms. The number of amides is 1. The average molecular weight is 310 g/mol. The molecule has 0 aromatic heterocycles. The Bertz CT molecular complexity index is 449. The summed E-state index contributed by atoms with van der Waals surface area (Å²) in [5.41, 5.74) is 0.410. The van der Waals surface area contributed by atoms with Crippen molar-refractivity contribution in [1.29, 1.82) is 0 Å². The standard InChI is InChI=1S/C17H30N2O3/c1-12-8-9-19(16(21)22-17(3,4)5)11-14(12)15(20)10-13(2)18(6)7/h10,12,14H,8-9,11H2,1-7H3/b13-10+. The molecule has 1 amide bonds. The molecule has 0 aromatic carbocycles. The van der Waals surface area contributed by atoms with Crippen molar-refractivity contribution in [2.45, 2.75) is 46.6 Å². The van der Waals surface area contributed by atoms with E-state index in [1.165, 1.54) is 0 Å². The average Bonchev–Trinajstić information content (AvgIpc) is 2.36. The number of hydrogen-bond acceptors (Lipinski definition) is 4. The first-order valence-corrected chi connectivity index (χ1v) is 7.88. The molecule has 1 rings (SSSR count). The number of piperidine rings is 1. The van der Waals surface area contributed by atoms with E-state index in [0.717, 1.165) is 12.1 Å². The summed E-state index contributed by atoms with van der Waals surface area (Å²) in [5, 5.41) is 0. The predicted molar refractivity (Wildman–Crippen MR) is 87.5 cm³/mol. The maximum atomic E-state index is 12.5. The van der Waals surface area contributed by atoms with Crippen molar-refractivity contribution < 1.29 is 14.3 Å². The highest BCUT2D eigenvalue weighted by molar-refractivity contribution is 5.93. The second-order valence-electron chi connectivity index (χ2n) is 7.38. The van der Waals surface area contributed by atoms with Crippen LogP contribution in [0.1, 0.15) is 41.0 Å². The molecule has 0 radical (unpaired) electrons. The predicted octanol–water partition coefficient (Wildman–Crippen LogP) is 2.91. The molecular weight excluding hydrogens is 280 g/mol. The van der Waals surface area contributed by atoms with Gasteiger partial charge in [-0.3, -0.25) is 4.79 Å². The third kappa shape index (κ3) is 5.35. The van der Waals surface area contributed by atoms with E-state index in [1.54, 1.807) is 11.0 Å². The summed E-state index contributed by atoms with van der Waals surface area (Å²) in [5.74, 6) is 0.209. The van der Waals surface area contributed by atoms with Crippen molar-refractivity contribution in [3.63, 3.8) is 0 Å². The zero-order valence-corrected chi connectivity index (χ0v) is 15.0.